The summed E-state index contributed by atoms with van der Waals surface area (Å²) in [6.45, 7) is 14.9. The maximum absolute atomic E-state index is 4.10. The van der Waals surface area contributed by atoms with Gasteiger partial charge in [-0.1, -0.05) is 70.3 Å². The molecule has 0 N–H and O–H groups in total. The second kappa shape index (κ2) is 12.7. The second-order valence-corrected chi connectivity index (χ2v) is 6.51. The van der Waals surface area contributed by atoms with Gasteiger partial charge in [-0.05, 0) is 51.2 Å². The van der Waals surface area contributed by atoms with Crippen LogP contribution in [0.2, 0.25) is 0 Å². The molecule has 0 amide bonds. The first-order valence-electron chi connectivity index (χ1n) is 8.71. The van der Waals surface area contributed by atoms with E-state index in [0.29, 0.717) is 11.8 Å². The van der Waals surface area contributed by atoms with Gasteiger partial charge in [0, 0.05) is 5.92 Å². The molecule has 0 fully saturated rings. The average Bonchev–Trinajstić information content (AvgIpc) is 2.43. The van der Waals surface area contributed by atoms with Gasteiger partial charge < -0.3 is 0 Å². The Labute approximate surface area is 133 Å². The number of allylic oxidation sites excluding steroid dienone is 4. The van der Waals surface area contributed by atoms with E-state index >= 15 is 0 Å². The quantitative estimate of drug-likeness (QED) is 0.213. The summed E-state index contributed by atoms with van der Waals surface area (Å²) in [7, 11) is 0. The van der Waals surface area contributed by atoms with E-state index in [1.54, 1.807) is 0 Å². The highest BCUT2D eigenvalue weighted by Gasteiger charge is 2.11. The zero-order valence-electron chi connectivity index (χ0n) is 15.0. The zero-order valence-corrected chi connectivity index (χ0v) is 15.0. The number of rotatable bonds is 11. The predicted octanol–water partition coefficient (Wildman–Crippen LogP) is 7.24. The molecule has 0 radical (unpaired) electrons. The lowest BCUT2D eigenvalue weighted by molar-refractivity contribution is 0.575. The highest BCUT2D eigenvalue weighted by molar-refractivity contribution is 5.11. The van der Waals surface area contributed by atoms with E-state index in [2.05, 4.69) is 65.2 Å². The molecule has 0 rings (SSSR count). The molecule has 0 bridgehead atoms. The summed E-state index contributed by atoms with van der Waals surface area (Å²) in [5.74, 6) is 0.912. The van der Waals surface area contributed by atoms with E-state index < -0.39 is 0 Å². The molecule has 0 heterocycles. The maximum Gasteiger partial charge on any atom is 0.00851 e. The minimum absolute atomic E-state index is 0.428. The molecule has 2 atom stereocenters. The molecule has 21 heavy (non-hydrogen) atoms. The molecule has 0 aliphatic rings. The number of hydrogen-bond acceptors (Lipinski definition) is 0. The van der Waals surface area contributed by atoms with E-state index in [0.717, 1.165) is 0 Å². The van der Waals surface area contributed by atoms with Crippen molar-refractivity contribution in [2.75, 3.05) is 0 Å². The predicted molar refractivity (Wildman–Crippen MR) is 97.5 cm³/mol. The van der Waals surface area contributed by atoms with Gasteiger partial charge in [0.1, 0.15) is 0 Å². The monoisotopic (exact) mass is 288 g/mol. The lowest BCUT2D eigenvalue weighted by atomic mass is 9.88. The van der Waals surface area contributed by atoms with Crippen LogP contribution in [0.5, 0.6) is 0 Å². The smallest absolute Gasteiger partial charge is 0.00851 e. The average molecular weight is 289 g/mol. The van der Waals surface area contributed by atoms with Crippen molar-refractivity contribution in [3.63, 3.8) is 0 Å². The summed E-state index contributed by atoms with van der Waals surface area (Å²) < 4.78 is 0. The first-order chi connectivity index (χ1) is 9.99. The third kappa shape index (κ3) is 11.3. The van der Waals surface area contributed by atoms with Crippen molar-refractivity contribution in [3.05, 3.63) is 41.7 Å². The van der Waals surface area contributed by atoms with Crippen molar-refractivity contribution in [2.24, 2.45) is 11.8 Å². The molecule has 0 spiro atoms. The minimum atomic E-state index is 0.428. The molecule has 2 unspecified atom stereocenters. The SMILES string of the molecule is C=C(C)C(C)C(C=C=C(C)C)C=CCCCCCCCC. The van der Waals surface area contributed by atoms with Gasteiger partial charge in [-0.2, -0.15) is 0 Å². The molecule has 0 saturated carbocycles. The Hall–Kier alpha value is -1.00. The molecular formula is C21H36. The fourth-order valence-corrected chi connectivity index (χ4v) is 2.25. The van der Waals surface area contributed by atoms with Crippen molar-refractivity contribution in [3.8, 4) is 0 Å². The third-order valence-corrected chi connectivity index (χ3v) is 4.00. The Bertz CT molecular complexity index is 359. The van der Waals surface area contributed by atoms with E-state index in [1.165, 1.54) is 56.1 Å². The van der Waals surface area contributed by atoms with Crippen molar-refractivity contribution < 1.29 is 0 Å². The van der Waals surface area contributed by atoms with Crippen LogP contribution in [0.3, 0.4) is 0 Å². The van der Waals surface area contributed by atoms with Crippen LogP contribution in [0.25, 0.3) is 0 Å². The van der Waals surface area contributed by atoms with E-state index in [9.17, 15) is 0 Å². The molecule has 0 aliphatic carbocycles. The number of unbranched alkanes of at least 4 members (excludes halogenated alkanes) is 6. The van der Waals surface area contributed by atoms with Gasteiger partial charge in [0.25, 0.3) is 0 Å². The highest BCUT2D eigenvalue weighted by Crippen LogP contribution is 2.22. The topological polar surface area (TPSA) is 0 Å². The Balaban J connectivity index is 4.25. The van der Waals surface area contributed by atoms with Gasteiger partial charge in [0.15, 0.2) is 0 Å². The van der Waals surface area contributed by atoms with Crippen LogP contribution < -0.4 is 0 Å². The molecule has 0 heteroatoms. The standard InChI is InChI=1S/C21H36/c1-7-8-9-10-11-12-13-14-15-21(17-16-18(2)3)20(6)19(4)5/h14-15,17,20-21H,4,7-13H2,1-3,5-6H3. The zero-order chi connectivity index (χ0) is 16.1. The van der Waals surface area contributed by atoms with Crippen LogP contribution in [0.4, 0.5) is 0 Å². The van der Waals surface area contributed by atoms with Crippen LogP contribution in [0.1, 0.15) is 79.6 Å². The van der Waals surface area contributed by atoms with Gasteiger partial charge in [0.05, 0.1) is 0 Å². The van der Waals surface area contributed by atoms with Gasteiger partial charge in [-0.25, -0.2) is 0 Å². The molecule has 0 aromatic rings. The first-order valence-corrected chi connectivity index (χ1v) is 8.71. The van der Waals surface area contributed by atoms with Crippen molar-refractivity contribution in [2.45, 2.75) is 79.6 Å². The van der Waals surface area contributed by atoms with Gasteiger partial charge >= 0.3 is 0 Å². The Morgan fingerprint density at radius 3 is 2.24 bits per heavy atom. The highest BCUT2D eigenvalue weighted by atomic mass is 14.2. The molecule has 0 aliphatic heterocycles. The summed E-state index contributed by atoms with van der Waals surface area (Å²) in [6, 6.07) is 0. The Morgan fingerprint density at radius 1 is 1.05 bits per heavy atom. The fourth-order valence-electron chi connectivity index (χ4n) is 2.25. The largest absolute Gasteiger partial charge is 0.126 e. The van der Waals surface area contributed by atoms with Crippen LogP contribution in [-0.4, -0.2) is 0 Å². The van der Waals surface area contributed by atoms with E-state index in [1.807, 2.05) is 0 Å². The molecule has 0 aromatic heterocycles. The van der Waals surface area contributed by atoms with Crippen LogP contribution >= 0.6 is 0 Å². The van der Waals surface area contributed by atoms with Crippen molar-refractivity contribution in [1.29, 1.82) is 0 Å². The Kier molecular flexibility index (Phi) is 12.1. The van der Waals surface area contributed by atoms with Crippen molar-refractivity contribution >= 4 is 0 Å². The van der Waals surface area contributed by atoms with E-state index in [4.69, 9.17) is 0 Å². The fraction of sp³-hybridized carbons (Fsp3) is 0.667. The Morgan fingerprint density at radius 2 is 1.67 bits per heavy atom. The minimum Gasteiger partial charge on any atom is -0.126 e. The second-order valence-electron chi connectivity index (χ2n) is 6.51. The van der Waals surface area contributed by atoms with Crippen LogP contribution in [0.15, 0.2) is 41.7 Å². The van der Waals surface area contributed by atoms with Crippen LogP contribution in [0, 0.1) is 11.8 Å². The van der Waals surface area contributed by atoms with Crippen LogP contribution in [-0.2, 0) is 0 Å². The summed E-state index contributed by atoms with van der Waals surface area (Å²) in [5, 5.41) is 0. The lowest BCUT2D eigenvalue weighted by Gasteiger charge is -2.17. The van der Waals surface area contributed by atoms with E-state index in [-0.39, 0.29) is 0 Å². The van der Waals surface area contributed by atoms with Gasteiger partial charge in [-0.15, -0.1) is 5.73 Å². The molecule has 0 saturated heterocycles. The third-order valence-electron chi connectivity index (χ3n) is 4.00. The summed E-state index contributed by atoms with van der Waals surface area (Å²) >= 11 is 0. The molecular weight excluding hydrogens is 252 g/mol. The maximum atomic E-state index is 4.10. The molecule has 0 aromatic carbocycles. The first kappa shape index (κ1) is 20.0. The normalized spacial score (nSPS) is 13.8. The molecule has 0 nitrogen and oxygen atoms in total. The summed E-state index contributed by atoms with van der Waals surface area (Å²) in [5.41, 5.74) is 5.84. The van der Waals surface area contributed by atoms with Gasteiger partial charge in [0.2, 0.25) is 0 Å². The number of hydrogen-bond donors (Lipinski definition) is 0. The van der Waals surface area contributed by atoms with Gasteiger partial charge in [-0.3, -0.25) is 0 Å². The van der Waals surface area contributed by atoms with Crippen molar-refractivity contribution in [1.82, 2.24) is 0 Å². The lowest BCUT2D eigenvalue weighted by Crippen LogP contribution is -2.07. The summed E-state index contributed by atoms with van der Waals surface area (Å²) in [6.07, 6.45) is 16.3. The molecule has 120 valence electrons. The summed E-state index contributed by atoms with van der Waals surface area (Å²) in [4.78, 5) is 0.